The van der Waals surface area contributed by atoms with E-state index in [9.17, 15) is 4.79 Å². The Balaban J connectivity index is 1.63. The molecule has 3 aliphatic heterocycles. The molecule has 3 fully saturated rings. The van der Waals surface area contributed by atoms with Gasteiger partial charge in [-0.05, 0) is 38.5 Å². The lowest BCUT2D eigenvalue weighted by atomic mass is 9.94. The molecule has 3 rings (SSSR count). The predicted octanol–water partition coefficient (Wildman–Crippen LogP) is 1.54. The Morgan fingerprint density at radius 1 is 1.26 bits per heavy atom. The van der Waals surface area contributed by atoms with E-state index in [0.717, 1.165) is 32.3 Å². The van der Waals surface area contributed by atoms with Gasteiger partial charge in [-0.15, -0.1) is 0 Å². The fraction of sp³-hybridized carbons (Fsp3) is 0.933. The molecule has 3 heterocycles. The van der Waals surface area contributed by atoms with Gasteiger partial charge in [-0.3, -0.25) is 4.79 Å². The first-order valence-electron chi connectivity index (χ1n) is 7.83. The van der Waals surface area contributed by atoms with E-state index in [0.29, 0.717) is 24.0 Å². The van der Waals surface area contributed by atoms with E-state index in [-0.39, 0.29) is 12.0 Å². The second-order valence-electron chi connectivity index (χ2n) is 6.42. The summed E-state index contributed by atoms with van der Waals surface area (Å²) in [5.41, 5.74) is 0. The van der Waals surface area contributed by atoms with E-state index in [4.69, 9.17) is 4.74 Å². The Hall–Kier alpha value is -0.610. The minimum atomic E-state index is 0.0996. The lowest BCUT2D eigenvalue weighted by Crippen LogP contribution is -2.50. The number of piperidine rings is 1. The zero-order valence-corrected chi connectivity index (χ0v) is 12.1. The van der Waals surface area contributed by atoms with Crippen molar-refractivity contribution in [3.63, 3.8) is 0 Å². The van der Waals surface area contributed by atoms with E-state index < -0.39 is 0 Å². The maximum atomic E-state index is 12.7. The smallest absolute Gasteiger partial charge is 0.228 e. The summed E-state index contributed by atoms with van der Waals surface area (Å²) in [6, 6.07) is 1.71. The predicted molar refractivity (Wildman–Crippen MR) is 73.9 cm³/mol. The fourth-order valence-corrected chi connectivity index (χ4v) is 4.12. The molecule has 2 bridgehead atoms. The Labute approximate surface area is 115 Å². The van der Waals surface area contributed by atoms with E-state index >= 15 is 0 Å². The maximum Gasteiger partial charge on any atom is 0.228 e. The molecule has 1 amide bonds. The van der Waals surface area contributed by atoms with E-state index in [1.54, 1.807) is 0 Å². The minimum absolute atomic E-state index is 0.0996. The van der Waals surface area contributed by atoms with Crippen molar-refractivity contribution in [2.75, 3.05) is 13.7 Å². The van der Waals surface area contributed by atoms with Crippen LogP contribution >= 0.6 is 0 Å². The summed E-state index contributed by atoms with van der Waals surface area (Å²) in [6.45, 7) is 2.86. The zero-order valence-electron chi connectivity index (χ0n) is 12.1. The number of fused-ring (bicyclic) bond motifs is 2. The molecule has 0 saturated carbocycles. The van der Waals surface area contributed by atoms with Crippen LogP contribution in [0.25, 0.3) is 0 Å². The first-order chi connectivity index (χ1) is 9.19. The number of ether oxygens (including phenoxy) is 1. The molecule has 0 aliphatic carbocycles. The van der Waals surface area contributed by atoms with Crippen molar-refractivity contribution in [2.24, 2.45) is 5.92 Å². The molecule has 0 aromatic rings. The topological polar surface area (TPSA) is 41.6 Å². The van der Waals surface area contributed by atoms with Gasteiger partial charge in [0.2, 0.25) is 5.91 Å². The molecule has 4 atom stereocenters. The Morgan fingerprint density at radius 2 is 1.95 bits per heavy atom. The van der Waals surface area contributed by atoms with Crippen LogP contribution in [0.15, 0.2) is 0 Å². The molecule has 1 N–H and O–H groups in total. The largest absolute Gasteiger partial charge is 0.377 e. The Kier molecular flexibility index (Phi) is 3.81. The van der Waals surface area contributed by atoms with E-state index in [1.165, 1.54) is 12.8 Å². The molecule has 108 valence electrons. The summed E-state index contributed by atoms with van der Waals surface area (Å²) in [4.78, 5) is 14.7. The first-order valence-corrected chi connectivity index (χ1v) is 7.83. The zero-order chi connectivity index (χ0) is 13.4. The van der Waals surface area contributed by atoms with Gasteiger partial charge in [-0.2, -0.15) is 0 Å². The summed E-state index contributed by atoms with van der Waals surface area (Å²) in [7, 11) is 2.00. The molecule has 19 heavy (non-hydrogen) atoms. The van der Waals surface area contributed by atoms with Gasteiger partial charge in [0, 0.05) is 31.8 Å². The normalized spacial score (nSPS) is 41.5. The molecule has 4 unspecified atom stereocenters. The second kappa shape index (κ2) is 5.41. The van der Waals surface area contributed by atoms with E-state index in [2.05, 4.69) is 12.2 Å². The molecule has 3 saturated heterocycles. The molecular weight excluding hydrogens is 240 g/mol. The maximum absolute atomic E-state index is 12.7. The highest BCUT2D eigenvalue weighted by molar-refractivity contribution is 5.79. The first kappa shape index (κ1) is 13.4. The Morgan fingerprint density at radius 3 is 2.58 bits per heavy atom. The molecule has 0 aromatic heterocycles. The number of carbonyl (C=O) groups excluding carboxylic acids is 1. The quantitative estimate of drug-likeness (QED) is 0.842. The third kappa shape index (κ3) is 2.52. The van der Waals surface area contributed by atoms with Crippen LogP contribution in [0.3, 0.4) is 0 Å². The highest BCUT2D eigenvalue weighted by Crippen LogP contribution is 2.32. The van der Waals surface area contributed by atoms with Gasteiger partial charge < -0.3 is 15.0 Å². The summed E-state index contributed by atoms with van der Waals surface area (Å²) in [5.74, 6) is 0.415. The van der Waals surface area contributed by atoms with Crippen LogP contribution in [0.2, 0.25) is 0 Å². The van der Waals surface area contributed by atoms with Crippen LogP contribution in [0.4, 0.5) is 0 Å². The summed E-state index contributed by atoms with van der Waals surface area (Å²) >= 11 is 0. The van der Waals surface area contributed by atoms with E-state index in [1.807, 2.05) is 11.9 Å². The molecule has 0 radical (unpaired) electrons. The monoisotopic (exact) mass is 266 g/mol. The average molecular weight is 266 g/mol. The highest BCUT2D eigenvalue weighted by Gasteiger charge is 2.40. The molecule has 4 heteroatoms. The van der Waals surface area contributed by atoms with Crippen LogP contribution in [0.5, 0.6) is 0 Å². The lowest BCUT2D eigenvalue weighted by molar-refractivity contribution is -0.138. The third-order valence-corrected chi connectivity index (χ3v) is 5.27. The van der Waals surface area contributed by atoms with Gasteiger partial charge in [0.1, 0.15) is 0 Å². The Bertz CT molecular complexity index is 335. The van der Waals surface area contributed by atoms with Crippen LogP contribution < -0.4 is 5.32 Å². The van der Waals surface area contributed by atoms with Crippen molar-refractivity contribution >= 4 is 5.91 Å². The summed E-state index contributed by atoms with van der Waals surface area (Å²) < 4.78 is 5.67. The van der Waals surface area contributed by atoms with Crippen LogP contribution in [0.1, 0.15) is 45.4 Å². The van der Waals surface area contributed by atoms with Crippen molar-refractivity contribution in [3.05, 3.63) is 0 Å². The van der Waals surface area contributed by atoms with Gasteiger partial charge in [-0.25, -0.2) is 0 Å². The summed E-state index contributed by atoms with van der Waals surface area (Å²) in [6.07, 6.45) is 6.82. The van der Waals surface area contributed by atoms with Crippen LogP contribution in [-0.4, -0.2) is 48.7 Å². The van der Waals surface area contributed by atoms with Gasteiger partial charge in [0.15, 0.2) is 0 Å². The highest BCUT2D eigenvalue weighted by atomic mass is 16.5. The van der Waals surface area contributed by atoms with Crippen molar-refractivity contribution < 1.29 is 9.53 Å². The molecule has 0 spiro atoms. The van der Waals surface area contributed by atoms with Crippen molar-refractivity contribution in [1.82, 2.24) is 10.2 Å². The van der Waals surface area contributed by atoms with Crippen LogP contribution in [0, 0.1) is 5.92 Å². The minimum Gasteiger partial charge on any atom is -0.377 e. The number of hydrogen-bond donors (Lipinski definition) is 1. The summed E-state index contributed by atoms with van der Waals surface area (Å²) in [5, 5.41) is 3.64. The standard InChI is InChI=1S/C15H26N2O2/c1-3-14-13(6-7-19-14)15(18)17(2)12-8-10-4-5-11(9-12)16-10/h10-14,16H,3-9H2,1-2H3. The molecule has 3 aliphatic rings. The molecule has 4 nitrogen and oxygen atoms in total. The van der Waals surface area contributed by atoms with Crippen molar-refractivity contribution in [3.8, 4) is 0 Å². The number of amides is 1. The lowest BCUT2D eigenvalue weighted by Gasteiger charge is -2.37. The second-order valence-corrected chi connectivity index (χ2v) is 6.42. The number of rotatable bonds is 3. The SMILES string of the molecule is CCC1OCCC1C(=O)N(C)C1CC2CCC(C1)N2. The van der Waals surface area contributed by atoms with Crippen LogP contribution in [-0.2, 0) is 9.53 Å². The number of hydrogen-bond acceptors (Lipinski definition) is 3. The van der Waals surface area contributed by atoms with Crippen molar-refractivity contribution in [1.29, 1.82) is 0 Å². The number of carbonyl (C=O) groups is 1. The number of nitrogens with one attached hydrogen (secondary N) is 1. The van der Waals surface area contributed by atoms with Gasteiger partial charge >= 0.3 is 0 Å². The fourth-order valence-electron chi connectivity index (χ4n) is 4.12. The van der Waals surface area contributed by atoms with Gasteiger partial charge in [0.05, 0.1) is 12.0 Å². The van der Waals surface area contributed by atoms with Gasteiger partial charge in [-0.1, -0.05) is 6.92 Å². The van der Waals surface area contributed by atoms with Crippen molar-refractivity contribution in [2.45, 2.75) is 69.7 Å². The molecule has 0 aromatic carbocycles. The van der Waals surface area contributed by atoms with Gasteiger partial charge in [0.25, 0.3) is 0 Å². The average Bonchev–Trinajstić information content (AvgIpc) is 3.03. The third-order valence-electron chi connectivity index (χ3n) is 5.27. The molecular formula is C15H26N2O2. The number of nitrogens with zero attached hydrogens (tertiary/aromatic N) is 1.